The van der Waals surface area contributed by atoms with E-state index in [1.54, 1.807) is 10.6 Å². The van der Waals surface area contributed by atoms with Gasteiger partial charge in [-0.2, -0.15) is 0 Å². The average molecular weight is 558 g/mol. The topological polar surface area (TPSA) is 334 Å². The molecule has 0 aliphatic carbocycles. The Bertz CT molecular complexity index is 703. The summed E-state index contributed by atoms with van der Waals surface area (Å²) in [7, 11) is 0. The maximum absolute atomic E-state index is 10.4. The number of carboxylic acid groups (broad SMARTS) is 8. The van der Waals surface area contributed by atoms with Gasteiger partial charge in [0.05, 0.1) is 24.0 Å². The predicted octanol–water partition coefficient (Wildman–Crippen LogP) is -21.2. The first-order valence-corrected chi connectivity index (χ1v) is 7.75. The summed E-state index contributed by atoms with van der Waals surface area (Å²) in [5.41, 5.74) is 0. The van der Waals surface area contributed by atoms with Crippen LogP contribution in [0, 0.1) is 0 Å². The molecule has 6 N–H and O–H groups in total. The molecule has 0 aromatic rings. The summed E-state index contributed by atoms with van der Waals surface area (Å²) < 4.78 is 0. The van der Waals surface area contributed by atoms with Gasteiger partial charge in [-0.25, -0.2) is 19.2 Å². The Balaban J connectivity index is -0.000000112. The van der Waals surface area contributed by atoms with Crippen LogP contribution in [0.5, 0.6) is 0 Å². The van der Waals surface area contributed by atoms with E-state index in [4.69, 9.17) is 20.4 Å². The third-order valence-electron chi connectivity index (χ3n) is 3.03. The first kappa shape index (κ1) is 48.7. The second-order valence-corrected chi connectivity index (χ2v) is 5.45. The van der Waals surface area contributed by atoms with Gasteiger partial charge in [0.25, 0.3) is 0 Å². The number of carboxylic acids is 8. The van der Waals surface area contributed by atoms with E-state index in [-0.39, 0.29) is 118 Å². The molecule has 0 saturated carbocycles. The van der Waals surface area contributed by atoms with Crippen LogP contribution in [0.2, 0.25) is 0 Å². The fourth-order valence-electron chi connectivity index (χ4n) is 1.65. The first-order chi connectivity index (χ1) is 14.5. The molecule has 0 saturated heterocycles. The van der Waals surface area contributed by atoms with Gasteiger partial charge >= 0.3 is 142 Å². The summed E-state index contributed by atoms with van der Waals surface area (Å²) >= 11 is 0. The number of carbonyl (C=O) groups is 8. The Hall–Kier alpha value is -0.320. The van der Waals surface area contributed by atoms with E-state index < -0.39 is 84.8 Å². The molecule has 0 rings (SSSR count). The van der Waals surface area contributed by atoms with Crippen molar-refractivity contribution in [3.05, 3.63) is 0 Å². The van der Waals surface area contributed by atoms with Crippen molar-refractivity contribution in [2.75, 3.05) is 0 Å². The zero-order valence-corrected chi connectivity index (χ0v) is 27.4. The molecule has 0 radical (unpaired) electrons. The summed E-state index contributed by atoms with van der Waals surface area (Å²) in [5.74, 6) is -14.8. The van der Waals surface area contributed by atoms with E-state index in [2.05, 4.69) is 0 Å². The Morgan fingerprint density at radius 1 is 0.500 bits per heavy atom. The van der Waals surface area contributed by atoms with Crippen molar-refractivity contribution in [2.24, 2.45) is 0 Å². The predicted molar refractivity (Wildman–Crippen MR) is 81.2 cm³/mol. The van der Waals surface area contributed by atoms with Crippen LogP contribution in [-0.2, 0) is 38.4 Å². The van der Waals surface area contributed by atoms with Gasteiger partial charge < -0.3 is 60.0 Å². The minimum Gasteiger partial charge on any atom is -0.550 e. The third-order valence-corrected chi connectivity index (χ3v) is 3.03. The number of carbonyl (C=O) groups excluding carboxylic acids is 4. The standard InChI is InChI=1S/2C7H9NO8.4Na/c2*9-3(10)1-2(5(11)12)8-4(6(13)14)7(15)16;;;;/h2*2,4,8H,1H2,(H,9,10)(H,11,12)(H,13,14)(H,15,16);;;;/q;;4*+1/p-4/t2*2-;;;;/m00..../s1. The third kappa shape index (κ3) is 22.8. The molecule has 0 heterocycles. The van der Waals surface area contributed by atoms with Crippen LogP contribution >= 0.6 is 0 Å². The smallest absolute Gasteiger partial charge is 0.550 e. The molecule has 0 aromatic carbocycles. The molecule has 0 spiro atoms. The number of hydrogen-bond donors (Lipinski definition) is 6. The van der Waals surface area contributed by atoms with Gasteiger partial charge in [0.15, 0.2) is 0 Å². The fourth-order valence-corrected chi connectivity index (χ4v) is 1.65. The second kappa shape index (κ2) is 25.0. The Kier molecular flexibility index (Phi) is 33.8. The number of aliphatic carboxylic acids is 8. The van der Waals surface area contributed by atoms with Gasteiger partial charge in [0, 0.05) is 24.8 Å². The Morgan fingerprint density at radius 2 is 0.694 bits per heavy atom. The molecule has 0 aliphatic heterocycles. The summed E-state index contributed by atoms with van der Waals surface area (Å²) in [6.07, 6.45) is -2.20. The number of rotatable bonds is 14. The fraction of sp³-hybridized carbons (Fsp3) is 0.429. The molecule has 0 amide bonds. The zero-order valence-electron chi connectivity index (χ0n) is 19.4. The maximum atomic E-state index is 10.4. The molecule has 0 fully saturated rings. The summed E-state index contributed by atoms with van der Waals surface area (Å²) in [4.78, 5) is 82.4. The normalized spacial score (nSPS) is 10.7. The van der Waals surface area contributed by atoms with E-state index in [1.165, 1.54) is 0 Å². The molecule has 18 nitrogen and oxygen atoms in total. The van der Waals surface area contributed by atoms with Crippen molar-refractivity contribution in [1.82, 2.24) is 10.6 Å². The molecular formula is C14H14N2Na4O16. The van der Waals surface area contributed by atoms with Gasteiger partial charge in [0.2, 0.25) is 12.1 Å². The van der Waals surface area contributed by atoms with Crippen molar-refractivity contribution >= 4 is 47.8 Å². The van der Waals surface area contributed by atoms with Gasteiger partial charge in [0.1, 0.15) is 0 Å². The van der Waals surface area contributed by atoms with Crippen molar-refractivity contribution < 1.29 is 197 Å². The number of nitrogens with one attached hydrogen (secondary N) is 2. The van der Waals surface area contributed by atoms with Crippen molar-refractivity contribution in [3.8, 4) is 0 Å². The minimum atomic E-state index is -2.23. The van der Waals surface area contributed by atoms with Crippen LogP contribution in [0.1, 0.15) is 12.8 Å². The largest absolute Gasteiger partial charge is 1.00 e. The minimum absolute atomic E-state index is 0. The zero-order chi connectivity index (χ0) is 25.8. The Morgan fingerprint density at radius 3 is 0.806 bits per heavy atom. The molecular weight excluding hydrogens is 544 g/mol. The molecule has 36 heavy (non-hydrogen) atoms. The van der Waals surface area contributed by atoms with Crippen LogP contribution in [0.3, 0.4) is 0 Å². The van der Waals surface area contributed by atoms with Crippen LogP contribution < -0.4 is 149 Å². The van der Waals surface area contributed by atoms with E-state index in [0.717, 1.165) is 0 Å². The first-order valence-electron chi connectivity index (χ1n) is 7.75. The van der Waals surface area contributed by atoms with E-state index in [9.17, 15) is 58.8 Å². The quantitative estimate of drug-likeness (QED) is 0.0851. The monoisotopic (exact) mass is 558 g/mol. The molecule has 2 atom stereocenters. The summed E-state index contributed by atoms with van der Waals surface area (Å²) in [5, 5.41) is 77.7. The van der Waals surface area contributed by atoms with Crippen LogP contribution in [-0.4, -0.2) is 92.3 Å². The molecule has 22 heteroatoms. The van der Waals surface area contributed by atoms with Crippen molar-refractivity contribution in [1.29, 1.82) is 0 Å². The molecule has 0 bridgehead atoms. The van der Waals surface area contributed by atoms with Crippen molar-refractivity contribution in [3.63, 3.8) is 0 Å². The van der Waals surface area contributed by atoms with Gasteiger partial charge in [-0.1, -0.05) is 0 Å². The van der Waals surface area contributed by atoms with Gasteiger partial charge in [-0.3, -0.25) is 10.6 Å². The molecule has 0 aliphatic rings. The summed E-state index contributed by atoms with van der Waals surface area (Å²) in [6, 6.07) is -8.38. The molecule has 0 aromatic heterocycles. The number of hydrogen-bond acceptors (Lipinski definition) is 14. The average Bonchev–Trinajstić information content (AvgIpc) is 2.60. The van der Waals surface area contributed by atoms with Gasteiger partial charge in [-0.15, -0.1) is 0 Å². The SMILES string of the molecule is O=C([O-])C[C@H](NC(C(=O)O)C(=O)O)C(=O)[O-].O=C([O-])C[C@H](NC(C(=O)O)C(=O)O)C(=O)[O-].[Na+].[Na+].[Na+].[Na+]. The molecule has 180 valence electrons. The summed E-state index contributed by atoms with van der Waals surface area (Å²) in [6.45, 7) is 0. The van der Waals surface area contributed by atoms with Crippen LogP contribution in [0.4, 0.5) is 0 Å². The maximum Gasteiger partial charge on any atom is 1.00 e. The van der Waals surface area contributed by atoms with Crippen LogP contribution in [0.15, 0.2) is 0 Å². The van der Waals surface area contributed by atoms with Crippen LogP contribution in [0.25, 0.3) is 0 Å². The van der Waals surface area contributed by atoms with E-state index in [0.29, 0.717) is 0 Å². The van der Waals surface area contributed by atoms with Gasteiger partial charge in [-0.05, 0) is 0 Å². The second-order valence-electron chi connectivity index (χ2n) is 5.45. The van der Waals surface area contributed by atoms with E-state index >= 15 is 0 Å². The van der Waals surface area contributed by atoms with E-state index in [1.807, 2.05) is 0 Å². The Labute approximate surface area is 289 Å². The molecule has 0 unspecified atom stereocenters. The van der Waals surface area contributed by atoms with Crippen molar-refractivity contribution in [2.45, 2.75) is 37.0 Å².